The number of rotatable bonds is 3. The molecule has 4 N–H and O–H groups in total. The third-order valence-corrected chi connectivity index (χ3v) is 2.77. The van der Waals surface area contributed by atoms with Crippen LogP contribution in [0.25, 0.3) is 0 Å². The Morgan fingerprint density at radius 3 is 2.94 bits per heavy atom. The van der Waals surface area contributed by atoms with Gasteiger partial charge in [-0.05, 0) is 18.2 Å². The number of methoxy groups -OCH3 is 1. The van der Waals surface area contributed by atoms with Gasteiger partial charge in [0.1, 0.15) is 5.75 Å². The number of hydrogen-bond donors (Lipinski definition) is 2. The van der Waals surface area contributed by atoms with E-state index < -0.39 is 0 Å². The Kier molecular flexibility index (Phi) is 4.48. The predicted octanol–water partition coefficient (Wildman–Crippen LogP) is 0.988. The minimum absolute atomic E-state index is 0.296. The molecule has 0 heterocycles. The summed E-state index contributed by atoms with van der Waals surface area (Å²) in [6.45, 7) is 0. The van der Waals surface area contributed by atoms with E-state index >= 15 is 0 Å². The van der Waals surface area contributed by atoms with E-state index in [9.17, 15) is 0 Å². The monoisotopic (exact) mass is 236 g/mol. The second-order valence-electron chi connectivity index (χ2n) is 2.89. The summed E-state index contributed by atoms with van der Waals surface area (Å²) in [5.41, 5.74) is 6.94. The first-order valence-corrected chi connectivity index (χ1v) is 5.43. The molecule has 0 aliphatic rings. The largest absolute Gasteiger partial charge is 0.496 e. The molecule has 0 saturated heterocycles. The van der Waals surface area contributed by atoms with Crippen molar-refractivity contribution in [2.45, 2.75) is 5.75 Å². The third-order valence-electron chi connectivity index (χ3n) is 1.91. The summed E-state index contributed by atoms with van der Waals surface area (Å²) in [5.74, 6) is 6.30. The third kappa shape index (κ3) is 3.07. The minimum atomic E-state index is 0.296. The molecule has 0 atom stereocenters. The zero-order chi connectivity index (χ0) is 12.0. The Bertz CT molecular complexity index is 439. The molecule has 0 spiro atoms. The van der Waals surface area contributed by atoms with Crippen LogP contribution in [0.2, 0.25) is 0 Å². The second-order valence-corrected chi connectivity index (χ2v) is 3.89. The zero-order valence-electron chi connectivity index (χ0n) is 8.80. The van der Waals surface area contributed by atoms with Crippen molar-refractivity contribution >= 4 is 16.9 Å². The minimum Gasteiger partial charge on any atom is -0.496 e. The Hall–Kier alpha value is -1.87. The number of ether oxygens (including phenoxy) is 1. The van der Waals surface area contributed by atoms with Gasteiger partial charge in [-0.15, -0.1) is 0 Å². The second kappa shape index (κ2) is 5.88. The number of benzene rings is 1. The fraction of sp³-hybridized carbons (Fsp3) is 0.200. The summed E-state index contributed by atoms with van der Waals surface area (Å²) in [5, 5.41) is 12.4. The van der Waals surface area contributed by atoms with Crippen molar-refractivity contribution in [2.75, 3.05) is 7.11 Å². The number of hydrazone groups is 1. The highest BCUT2D eigenvalue weighted by atomic mass is 32.2. The molecule has 5 nitrogen and oxygen atoms in total. The van der Waals surface area contributed by atoms with Crippen molar-refractivity contribution in [3.8, 4) is 11.8 Å². The SMILES string of the molecule is COc1ccc(C#N)cc1CS/C(N)=N/N. The molecule has 0 aromatic heterocycles. The lowest BCUT2D eigenvalue weighted by Crippen LogP contribution is -2.09. The normalized spacial score (nSPS) is 10.9. The molecule has 16 heavy (non-hydrogen) atoms. The van der Waals surface area contributed by atoms with Crippen molar-refractivity contribution in [3.63, 3.8) is 0 Å². The van der Waals surface area contributed by atoms with Gasteiger partial charge in [0.05, 0.1) is 18.7 Å². The smallest absolute Gasteiger partial charge is 0.177 e. The summed E-state index contributed by atoms with van der Waals surface area (Å²) >= 11 is 1.29. The van der Waals surface area contributed by atoms with Crippen LogP contribution < -0.4 is 16.3 Å². The maximum atomic E-state index is 8.78. The molecule has 84 valence electrons. The highest BCUT2D eigenvalue weighted by molar-refractivity contribution is 8.13. The molecule has 1 aromatic carbocycles. The van der Waals surface area contributed by atoms with Crippen LogP contribution >= 0.6 is 11.8 Å². The van der Waals surface area contributed by atoms with E-state index in [0.717, 1.165) is 11.3 Å². The lowest BCUT2D eigenvalue weighted by Gasteiger charge is -2.07. The van der Waals surface area contributed by atoms with Crippen LogP contribution in [0.15, 0.2) is 23.3 Å². The molecule has 0 bridgehead atoms. The van der Waals surface area contributed by atoms with Gasteiger partial charge in [-0.2, -0.15) is 10.4 Å². The molecule has 0 saturated carbocycles. The van der Waals surface area contributed by atoms with Crippen LogP contribution in [-0.2, 0) is 5.75 Å². The first-order chi connectivity index (χ1) is 7.71. The fourth-order valence-corrected chi connectivity index (χ4v) is 1.75. The highest BCUT2D eigenvalue weighted by Crippen LogP contribution is 2.24. The van der Waals surface area contributed by atoms with Gasteiger partial charge >= 0.3 is 0 Å². The fourth-order valence-electron chi connectivity index (χ4n) is 1.15. The zero-order valence-corrected chi connectivity index (χ0v) is 9.62. The van der Waals surface area contributed by atoms with Crippen LogP contribution in [0, 0.1) is 11.3 Å². The van der Waals surface area contributed by atoms with Crippen molar-refractivity contribution in [1.29, 1.82) is 5.26 Å². The first-order valence-electron chi connectivity index (χ1n) is 4.44. The van der Waals surface area contributed by atoms with Crippen LogP contribution in [0.3, 0.4) is 0 Å². The van der Waals surface area contributed by atoms with E-state index in [1.54, 1.807) is 25.3 Å². The average molecular weight is 236 g/mol. The van der Waals surface area contributed by atoms with E-state index in [2.05, 4.69) is 11.2 Å². The topological polar surface area (TPSA) is 97.4 Å². The maximum Gasteiger partial charge on any atom is 0.177 e. The van der Waals surface area contributed by atoms with Crippen LogP contribution in [0.4, 0.5) is 0 Å². The van der Waals surface area contributed by atoms with E-state index in [1.807, 2.05) is 0 Å². The van der Waals surface area contributed by atoms with Crippen LogP contribution in [-0.4, -0.2) is 12.3 Å². The van der Waals surface area contributed by atoms with Gasteiger partial charge in [0.15, 0.2) is 5.17 Å². The summed E-state index contributed by atoms with van der Waals surface area (Å²) in [6, 6.07) is 7.28. The number of amidine groups is 1. The van der Waals surface area contributed by atoms with Gasteiger partial charge in [0.2, 0.25) is 0 Å². The molecule has 0 amide bonds. The van der Waals surface area contributed by atoms with E-state index in [0.29, 0.717) is 16.5 Å². The molecule has 1 aromatic rings. The number of nitriles is 1. The van der Waals surface area contributed by atoms with Crippen molar-refractivity contribution < 1.29 is 4.74 Å². The number of thioether (sulfide) groups is 1. The molecular formula is C10H12N4OS. The van der Waals surface area contributed by atoms with Gasteiger partial charge in [0.25, 0.3) is 0 Å². The van der Waals surface area contributed by atoms with Crippen molar-refractivity contribution in [2.24, 2.45) is 16.7 Å². The average Bonchev–Trinajstić information content (AvgIpc) is 2.35. The lowest BCUT2D eigenvalue weighted by atomic mass is 10.1. The van der Waals surface area contributed by atoms with E-state index in [4.69, 9.17) is 21.6 Å². The van der Waals surface area contributed by atoms with Gasteiger partial charge in [-0.3, -0.25) is 0 Å². The summed E-state index contributed by atoms with van der Waals surface area (Å²) < 4.78 is 5.18. The number of hydrogen-bond acceptors (Lipinski definition) is 5. The number of nitrogens with zero attached hydrogens (tertiary/aromatic N) is 2. The van der Waals surface area contributed by atoms with E-state index in [-0.39, 0.29) is 0 Å². The molecule has 0 aliphatic heterocycles. The van der Waals surface area contributed by atoms with Crippen LogP contribution in [0.5, 0.6) is 5.75 Å². The molecule has 0 radical (unpaired) electrons. The Morgan fingerprint density at radius 2 is 2.38 bits per heavy atom. The molecule has 1 rings (SSSR count). The first kappa shape index (κ1) is 12.2. The molecular weight excluding hydrogens is 224 g/mol. The lowest BCUT2D eigenvalue weighted by molar-refractivity contribution is 0.411. The van der Waals surface area contributed by atoms with Gasteiger partial charge in [-0.1, -0.05) is 11.8 Å². The molecule has 0 fully saturated rings. The summed E-state index contributed by atoms with van der Waals surface area (Å²) in [7, 11) is 1.58. The van der Waals surface area contributed by atoms with Gasteiger partial charge in [-0.25, -0.2) is 0 Å². The maximum absolute atomic E-state index is 8.78. The molecule has 0 unspecified atom stereocenters. The summed E-state index contributed by atoms with van der Waals surface area (Å²) in [6.07, 6.45) is 0. The molecule has 0 aliphatic carbocycles. The summed E-state index contributed by atoms with van der Waals surface area (Å²) in [4.78, 5) is 0. The van der Waals surface area contributed by atoms with E-state index in [1.165, 1.54) is 11.8 Å². The number of nitrogens with two attached hydrogens (primary N) is 2. The standard InChI is InChI=1S/C10H12N4OS/c1-15-9-3-2-7(5-11)4-8(9)6-16-10(12)14-13/h2-4H,6,13H2,1H3,(H2,12,14). The Morgan fingerprint density at radius 1 is 1.62 bits per heavy atom. The van der Waals surface area contributed by atoms with Gasteiger partial charge in [0, 0.05) is 11.3 Å². The predicted molar refractivity (Wildman–Crippen MR) is 64.8 cm³/mol. The van der Waals surface area contributed by atoms with Gasteiger partial charge < -0.3 is 16.3 Å². The Balaban J connectivity index is 2.88. The highest BCUT2D eigenvalue weighted by Gasteiger charge is 2.05. The van der Waals surface area contributed by atoms with Crippen LogP contribution in [0.1, 0.15) is 11.1 Å². The quantitative estimate of drug-likeness (QED) is 0.353. The molecule has 6 heteroatoms. The van der Waals surface area contributed by atoms with Crippen molar-refractivity contribution in [3.05, 3.63) is 29.3 Å². The van der Waals surface area contributed by atoms with Crippen molar-refractivity contribution in [1.82, 2.24) is 0 Å². The Labute approximate surface area is 98.1 Å².